The quantitative estimate of drug-likeness (QED) is 0.510. The first-order valence-electron chi connectivity index (χ1n) is 8.30. The highest BCUT2D eigenvalue weighted by Gasteiger charge is 2.26. The van der Waals surface area contributed by atoms with Gasteiger partial charge in [-0.25, -0.2) is 0 Å². The van der Waals surface area contributed by atoms with Gasteiger partial charge in [-0.1, -0.05) is 61.9 Å². The molecule has 0 radical (unpaired) electrons. The van der Waals surface area contributed by atoms with Crippen LogP contribution in [0.2, 0.25) is 0 Å². The SMILES string of the molecule is CCCC[NH2+][C@H](C(=O)c1c[nH]c2ccccc12)c1ccccc1. The molecule has 0 saturated carbocycles. The average molecular weight is 307 g/mol. The molecule has 1 atom stereocenters. The van der Waals surface area contributed by atoms with Gasteiger partial charge >= 0.3 is 0 Å². The highest BCUT2D eigenvalue weighted by molar-refractivity contribution is 6.09. The van der Waals surface area contributed by atoms with Gasteiger partial charge in [-0.15, -0.1) is 0 Å². The highest BCUT2D eigenvalue weighted by atomic mass is 16.1. The van der Waals surface area contributed by atoms with Crippen molar-refractivity contribution in [2.45, 2.75) is 25.8 Å². The number of carbonyl (C=O) groups is 1. The number of aromatic amines is 1. The summed E-state index contributed by atoms with van der Waals surface area (Å²) >= 11 is 0. The van der Waals surface area contributed by atoms with Crippen LogP contribution in [-0.2, 0) is 0 Å². The summed E-state index contributed by atoms with van der Waals surface area (Å²) in [6, 6.07) is 17.9. The summed E-state index contributed by atoms with van der Waals surface area (Å²) in [5.74, 6) is 0.171. The number of para-hydroxylation sites is 1. The second-order valence-corrected chi connectivity index (χ2v) is 5.88. The number of ketones is 1. The lowest BCUT2D eigenvalue weighted by atomic mass is 9.97. The number of rotatable bonds is 7. The van der Waals surface area contributed by atoms with Crippen LogP contribution in [0.25, 0.3) is 10.9 Å². The predicted molar refractivity (Wildman–Crippen MR) is 93.5 cm³/mol. The maximum atomic E-state index is 13.2. The summed E-state index contributed by atoms with van der Waals surface area (Å²) in [6.07, 6.45) is 4.10. The maximum absolute atomic E-state index is 13.2. The van der Waals surface area contributed by atoms with Crippen molar-refractivity contribution in [1.82, 2.24) is 4.98 Å². The zero-order valence-electron chi connectivity index (χ0n) is 13.5. The molecule has 3 nitrogen and oxygen atoms in total. The first-order valence-corrected chi connectivity index (χ1v) is 8.30. The van der Waals surface area contributed by atoms with E-state index >= 15 is 0 Å². The standard InChI is InChI=1S/C20H22N2O/c1-2-3-13-21-19(15-9-5-4-6-10-15)20(23)17-14-22-18-12-8-7-11-16(17)18/h4-12,14,19,21-22H,2-3,13H2,1H3/p+1/t19-/m0/s1. The van der Waals surface area contributed by atoms with Gasteiger partial charge in [0.25, 0.3) is 0 Å². The van der Waals surface area contributed by atoms with Gasteiger partial charge in [0, 0.05) is 28.2 Å². The Balaban J connectivity index is 1.93. The maximum Gasteiger partial charge on any atom is 0.226 e. The van der Waals surface area contributed by atoms with Gasteiger partial charge in [-0.2, -0.15) is 0 Å². The summed E-state index contributed by atoms with van der Waals surface area (Å²) in [7, 11) is 0. The van der Waals surface area contributed by atoms with Crippen LogP contribution in [0, 0.1) is 0 Å². The third-order valence-electron chi connectivity index (χ3n) is 4.26. The van der Waals surface area contributed by atoms with E-state index in [1.54, 1.807) is 0 Å². The minimum atomic E-state index is -0.179. The number of Topliss-reactive ketones (excluding diaryl/α,β-unsaturated/α-hetero) is 1. The van der Waals surface area contributed by atoms with Crippen molar-refractivity contribution in [3.05, 3.63) is 71.9 Å². The number of unbranched alkanes of at least 4 members (excludes halogenated alkanes) is 1. The molecule has 2 aromatic carbocycles. The van der Waals surface area contributed by atoms with Crippen molar-refractivity contribution in [3.8, 4) is 0 Å². The fourth-order valence-corrected chi connectivity index (χ4v) is 2.99. The number of hydrogen-bond donors (Lipinski definition) is 2. The minimum absolute atomic E-state index is 0.171. The summed E-state index contributed by atoms with van der Waals surface area (Å²) in [6.45, 7) is 3.14. The first-order chi connectivity index (χ1) is 11.3. The lowest BCUT2D eigenvalue weighted by molar-refractivity contribution is -0.681. The van der Waals surface area contributed by atoms with Crippen LogP contribution in [-0.4, -0.2) is 17.3 Å². The van der Waals surface area contributed by atoms with Crippen LogP contribution in [0.15, 0.2) is 60.8 Å². The number of hydrogen-bond acceptors (Lipinski definition) is 1. The van der Waals surface area contributed by atoms with Crippen molar-refractivity contribution < 1.29 is 10.1 Å². The molecular weight excluding hydrogens is 284 g/mol. The number of H-pyrrole nitrogens is 1. The third-order valence-corrected chi connectivity index (χ3v) is 4.26. The molecule has 118 valence electrons. The Morgan fingerprint density at radius 2 is 1.83 bits per heavy atom. The lowest BCUT2D eigenvalue weighted by Gasteiger charge is -2.14. The van der Waals surface area contributed by atoms with Crippen molar-refractivity contribution in [2.24, 2.45) is 0 Å². The topological polar surface area (TPSA) is 49.5 Å². The van der Waals surface area contributed by atoms with E-state index in [2.05, 4.69) is 17.2 Å². The van der Waals surface area contributed by atoms with Crippen molar-refractivity contribution >= 4 is 16.7 Å². The Morgan fingerprint density at radius 1 is 1.09 bits per heavy atom. The predicted octanol–water partition coefficient (Wildman–Crippen LogP) is 3.46. The average Bonchev–Trinajstić information content (AvgIpc) is 3.03. The van der Waals surface area contributed by atoms with E-state index < -0.39 is 0 Å². The Kier molecular flexibility index (Phi) is 4.89. The summed E-state index contributed by atoms with van der Waals surface area (Å²) in [4.78, 5) is 16.4. The molecule has 0 spiro atoms. The highest BCUT2D eigenvalue weighted by Crippen LogP contribution is 2.22. The van der Waals surface area contributed by atoms with E-state index in [1.165, 1.54) is 0 Å². The number of nitrogens with one attached hydrogen (secondary N) is 1. The monoisotopic (exact) mass is 307 g/mol. The van der Waals surface area contributed by atoms with Crippen molar-refractivity contribution in [3.63, 3.8) is 0 Å². The number of quaternary nitrogens is 1. The van der Waals surface area contributed by atoms with Gasteiger partial charge in [0.1, 0.15) is 0 Å². The molecule has 0 fully saturated rings. The number of fused-ring (bicyclic) bond motifs is 1. The zero-order chi connectivity index (χ0) is 16.1. The molecule has 0 amide bonds. The zero-order valence-corrected chi connectivity index (χ0v) is 13.5. The Labute approximate surface area is 136 Å². The van der Waals surface area contributed by atoms with Crippen LogP contribution < -0.4 is 5.32 Å². The Morgan fingerprint density at radius 3 is 2.61 bits per heavy atom. The molecule has 1 heterocycles. The van der Waals surface area contributed by atoms with Crippen LogP contribution in [0.3, 0.4) is 0 Å². The smallest absolute Gasteiger partial charge is 0.226 e. The van der Waals surface area contributed by atoms with E-state index in [9.17, 15) is 4.79 Å². The molecule has 0 aliphatic carbocycles. The fraction of sp³-hybridized carbons (Fsp3) is 0.250. The molecule has 23 heavy (non-hydrogen) atoms. The third kappa shape index (κ3) is 3.35. The summed E-state index contributed by atoms with van der Waals surface area (Å²) in [5, 5.41) is 3.17. The molecule has 0 aliphatic heterocycles. The molecule has 3 N–H and O–H groups in total. The molecular formula is C20H23N2O+. The molecule has 1 aromatic heterocycles. The van der Waals surface area contributed by atoms with Gasteiger partial charge in [0.15, 0.2) is 6.04 Å². The van der Waals surface area contributed by atoms with Crippen LogP contribution in [0.5, 0.6) is 0 Å². The normalized spacial score (nSPS) is 12.4. The lowest BCUT2D eigenvalue weighted by Crippen LogP contribution is -2.86. The van der Waals surface area contributed by atoms with E-state index in [1.807, 2.05) is 60.8 Å². The molecule has 3 rings (SSSR count). The fourth-order valence-electron chi connectivity index (χ4n) is 2.99. The molecule has 0 saturated heterocycles. The van der Waals surface area contributed by atoms with E-state index in [0.29, 0.717) is 0 Å². The Bertz CT molecular complexity index is 776. The van der Waals surface area contributed by atoms with Crippen LogP contribution in [0.1, 0.15) is 41.7 Å². The van der Waals surface area contributed by atoms with Crippen LogP contribution in [0.4, 0.5) is 0 Å². The van der Waals surface area contributed by atoms with Gasteiger partial charge in [-0.05, 0) is 12.5 Å². The molecule has 0 bridgehead atoms. The first kappa shape index (κ1) is 15.5. The van der Waals surface area contributed by atoms with Gasteiger partial charge in [-0.3, -0.25) is 4.79 Å². The largest absolute Gasteiger partial charge is 0.360 e. The molecule has 3 heteroatoms. The van der Waals surface area contributed by atoms with Crippen molar-refractivity contribution in [2.75, 3.05) is 6.54 Å². The molecule has 0 aliphatic rings. The number of benzene rings is 2. The van der Waals surface area contributed by atoms with E-state index in [-0.39, 0.29) is 11.8 Å². The van der Waals surface area contributed by atoms with E-state index in [4.69, 9.17) is 0 Å². The van der Waals surface area contributed by atoms with Gasteiger partial charge in [0.05, 0.1) is 6.54 Å². The van der Waals surface area contributed by atoms with E-state index in [0.717, 1.165) is 41.4 Å². The minimum Gasteiger partial charge on any atom is -0.360 e. The molecule has 3 aromatic rings. The number of carbonyl (C=O) groups excluding carboxylic acids is 1. The number of nitrogens with two attached hydrogens (primary N) is 1. The van der Waals surface area contributed by atoms with Crippen molar-refractivity contribution in [1.29, 1.82) is 0 Å². The van der Waals surface area contributed by atoms with Gasteiger partial charge in [0.2, 0.25) is 5.78 Å². The second kappa shape index (κ2) is 7.25. The van der Waals surface area contributed by atoms with Crippen LogP contribution >= 0.6 is 0 Å². The van der Waals surface area contributed by atoms with Gasteiger partial charge < -0.3 is 10.3 Å². The summed E-state index contributed by atoms with van der Waals surface area (Å²) < 4.78 is 0. The Hall–Kier alpha value is -2.39. The molecule has 0 unspecified atom stereocenters. The number of aromatic nitrogens is 1. The summed E-state index contributed by atoms with van der Waals surface area (Å²) in [5.41, 5.74) is 2.86. The second-order valence-electron chi connectivity index (χ2n) is 5.88.